The first kappa shape index (κ1) is 18.4. The van der Waals surface area contributed by atoms with Crippen LogP contribution in [0.5, 0.6) is 0 Å². The van der Waals surface area contributed by atoms with Crippen LogP contribution in [0.1, 0.15) is 43.5 Å². The van der Waals surface area contributed by atoms with Gasteiger partial charge in [0.25, 0.3) is 5.91 Å². The average molecular weight is 365 g/mol. The SMILES string of the molecule is CC(C)N(C)S(=O)(=O)c1ccc(C(=O)NC2CCN(C3CC3)C2)cc1. The summed E-state index contributed by atoms with van der Waals surface area (Å²) in [5.41, 5.74) is 0.496. The second kappa shape index (κ2) is 7.05. The van der Waals surface area contributed by atoms with Gasteiger partial charge < -0.3 is 5.32 Å². The van der Waals surface area contributed by atoms with Crippen LogP contribution in [0.25, 0.3) is 0 Å². The minimum Gasteiger partial charge on any atom is -0.348 e. The Hall–Kier alpha value is -1.44. The van der Waals surface area contributed by atoms with E-state index >= 15 is 0 Å². The predicted octanol–water partition coefficient (Wildman–Crippen LogP) is 1.68. The zero-order chi connectivity index (χ0) is 18.2. The maximum Gasteiger partial charge on any atom is 0.251 e. The van der Waals surface area contributed by atoms with Crippen LogP contribution in [0.15, 0.2) is 29.2 Å². The van der Waals surface area contributed by atoms with Gasteiger partial charge in [-0.3, -0.25) is 9.69 Å². The van der Waals surface area contributed by atoms with Crippen LogP contribution >= 0.6 is 0 Å². The molecule has 7 heteroatoms. The third kappa shape index (κ3) is 4.04. The molecule has 1 unspecified atom stereocenters. The van der Waals surface area contributed by atoms with Gasteiger partial charge in [0, 0.05) is 43.8 Å². The maximum atomic E-state index is 12.5. The molecule has 1 N–H and O–H groups in total. The van der Waals surface area contributed by atoms with Gasteiger partial charge >= 0.3 is 0 Å². The van der Waals surface area contributed by atoms with Crippen molar-refractivity contribution in [2.24, 2.45) is 0 Å². The lowest BCUT2D eigenvalue weighted by molar-refractivity contribution is 0.0937. The zero-order valence-corrected chi connectivity index (χ0v) is 15.9. The topological polar surface area (TPSA) is 69.7 Å². The minimum atomic E-state index is -3.52. The van der Waals surface area contributed by atoms with E-state index < -0.39 is 10.0 Å². The number of hydrogen-bond donors (Lipinski definition) is 1. The van der Waals surface area contributed by atoms with Crippen molar-refractivity contribution in [2.75, 3.05) is 20.1 Å². The Balaban J connectivity index is 1.63. The highest BCUT2D eigenvalue weighted by molar-refractivity contribution is 7.89. The van der Waals surface area contributed by atoms with Crippen molar-refractivity contribution in [2.45, 2.75) is 56.1 Å². The molecule has 25 heavy (non-hydrogen) atoms. The number of nitrogens with zero attached hydrogens (tertiary/aromatic N) is 2. The Morgan fingerprint density at radius 3 is 2.40 bits per heavy atom. The van der Waals surface area contributed by atoms with Crippen molar-refractivity contribution < 1.29 is 13.2 Å². The van der Waals surface area contributed by atoms with Crippen LogP contribution in [0.3, 0.4) is 0 Å². The molecule has 1 aromatic carbocycles. The molecule has 1 saturated carbocycles. The molecular formula is C18H27N3O3S. The van der Waals surface area contributed by atoms with Gasteiger partial charge in [-0.25, -0.2) is 8.42 Å². The minimum absolute atomic E-state index is 0.121. The summed E-state index contributed by atoms with van der Waals surface area (Å²) in [6.45, 7) is 5.62. The zero-order valence-electron chi connectivity index (χ0n) is 15.1. The predicted molar refractivity (Wildman–Crippen MR) is 97.0 cm³/mol. The van der Waals surface area contributed by atoms with Crippen molar-refractivity contribution >= 4 is 15.9 Å². The molecule has 3 rings (SSSR count). The summed E-state index contributed by atoms with van der Waals surface area (Å²) in [5.74, 6) is -0.135. The average Bonchev–Trinajstić information content (AvgIpc) is 3.34. The number of likely N-dealkylation sites (tertiary alicyclic amines) is 1. The number of carbonyl (C=O) groups is 1. The van der Waals surface area contributed by atoms with E-state index in [1.165, 1.54) is 29.3 Å². The van der Waals surface area contributed by atoms with Crippen LogP contribution in [0, 0.1) is 0 Å². The van der Waals surface area contributed by atoms with E-state index in [9.17, 15) is 13.2 Å². The highest BCUT2D eigenvalue weighted by atomic mass is 32.2. The molecule has 1 aromatic rings. The molecular weight excluding hydrogens is 338 g/mol. The fourth-order valence-electron chi connectivity index (χ4n) is 3.17. The van der Waals surface area contributed by atoms with E-state index in [0.717, 1.165) is 25.6 Å². The second-order valence-corrected chi connectivity index (χ2v) is 9.32. The monoisotopic (exact) mass is 365 g/mol. The smallest absolute Gasteiger partial charge is 0.251 e. The molecule has 6 nitrogen and oxygen atoms in total. The van der Waals surface area contributed by atoms with E-state index in [2.05, 4.69) is 10.2 Å². The van der Waals surface area contributed by atoms with E-state index in [1.54, 1.807) is 19.2 Å². The van der Waals surface area contributed by atoms with Crippen LogP contribution < -0.4 is 5.32 Å². The van der Waals surface area contributed by atoms with Crippen LogP contribution in [0.4, 0.5) is 0 Å². The van der Waals surface area contributed by atoms with Crippen LogP contribution in [-0.2, 0) is 10.0 Å². The highest BCUT2D eigenvalue weighted by Crippen LogP contribution is 2.29. The Morgan fingerprint density at radius 2 is 1.84 bits per heavy atom. The number of nitrogens with one attached hydrogen (secondary N) is 1. The first-order valence-electron chi connectivity index (χ1n) is 8.92. The molecule has 2 aliphatic rings. The fourth-order valence-corrected chi connectivity index (χ4v) is 4.53. The number of sulfonamides is 1. The lowest BCUT2D eigenvalue weighted by Gasteiger charge is -2.21. The van der Waals surface area contributed by atoms with Crippen molar-refractivity contribution in [3.8, 4) is 0 Å². The number of carbonyl (C=O) groups excluding carboxylic acids is 1. The Bertz CT molecular complexity index is 726. The normalized spacial score (nSPS) is 21.9. The van der Waals surface area contributed by atoms with E-state index in [4.69, 9.17) is 0 Å². The largest absolute Gasteiger partial charge is 0.348 e. The van der Waals surface area contributed by atoms with Crippen molar-refractivity contribution in [1.29, 1.82) is 0 Å². The van der Waals surface area contributed by atoms with Gasteiger partial charge in [-0.2, -0.15) is 4.31 Å². The molecule has 1 amide bonds. The summed E-state index contributed by atoms with van der Waals surface area (Å²) in [7, 11) is -1.96. The number of rotatable bonds is 6. The fraction of sp³-hybridized carbons (Fsp3) is 0.611. The van der Waals surface area contributed by atoms with Crippen molar-refractivity contribution in [3.05, 3.63) is 29.8 Å². The van der Waals surface area contributed by atoms with E-state index in [0.29, 0.717) is 5.56 Å². The van der Waals surface area contributed by atoms with Crippen LogP contribution in [0.2, 0.25) is 0 Å². The summed E-state index contributed by atoms with van der Waals surface area (Å²) in [4.78, 5) is 15.1. The highest BCUT2D eigenvalue weighted by Gasteiger charge is 2.34. The van der Waals surface area contributed by atoms with Gasteiger partial charge in [-0.1, -0.05) is 0 Å². The van der Waals surface area contributed by atoms with E-state index in [1.807, 2.05) is 13.8 Å². The molecule has 138 valence electrons. The Labute approximate surface area is 150 Å². The van der Waals surface area contributed by atoms with Crippen molar-refractivity contribution in [3.63, 3.8) is 0 Å². The number of benzene rings is 1. The quantitative estimate of drug-likeness (QED) is 0.833. The van der Waals surface area contributed by atoms with Gasteiger partial charge in [0.1, 0.15) is 0 Å². The second-order valence-electron chi connectivity index (χ2n) is 7.32. The molecule has 1 atom stereocenters. The molecule has 0 radical (unpaired) electrons. The van der Waals surface area contributed by atoms with Gasteiger partial charge in [-0.05, 0) is 57.4 Å². The van der Waals surface area contributed by atoms with Gasteiger partial charge in [0.2, 0.25) is 10.0 Å². The molecule has 1 aliphatic carbocycles. The summed E-state index contributed by atoms with van der Waals surface area (Å²) < 4.78 is 26.2. The lowest BCUT2D eigenvalue weighted by atomic mass is 10.2. The molecule has 0 bridgehead atoms. The van der Waals surface area contributed by atoms with Gasteiger partial charge in [-0.15, -0.1) is 0 Å². The molecule has 1 aliphatic heterocycles. The summed E-state index contributed by atoms with van der Waals surface area (Å²) in [5, 5.41) is 3.07. The molecule has 0 spiro atoms. The first-order chi connectivity index (χ1) is 11.8. The van der Waals surface area contributed by atoms with Crippen LogP contribution in [-0.4, -0.2) is 61.8 Å². The third-order valence-corrected chi connectivity index (χ3v) is 7.19. The number of hydrogen-bond acceptors (Lipinski definition) is 4. The van der Waals surface area contributed by atoms with Crippen molar-refractivity contribution in [1.82, 2.24) is 14.5 Å². The van der Waals surface area contributed by atoms with E-state index in [-0.39, 0.29) is 22.9 Å². The van der Waals surface area contributed by atoms with Gasteiger partial charge in [0.05, 0.1) is 4.90 Å². The Morgan fingerprint density at radius 1 is 1.20 bits per heavy atom. The third-order valence-electron chi connectivity index (χ3n) is 5.14. The first-order valence-corrected chi connectivity index (χ1v) is 10.4. The summed E-state index contributed by atoms with van der Waals surface area (Å²) in [6, 6.07) is 6.98. The summed E-state index contributed by atoms with van der Waals surface area (Å²) >= 11 is 0. The molecule has 1 saturated heterocycles. The lowest BCUT2D eigenvalue weighted by Crippen LogP contribution is -2.37. The summed E-state index contributed by atoms with van der Waals surface area (Å²) in [6.07, 6.45) is 3.54. The number of amides is 1. The van der Waals surface area contributed by atoms with Gasteiger partial charge in [0.15, 0.2) is 0 Å². The Kier molecular flexibility index (Phi) is 5.18. The maximum absolute atomic E-state index is 12.5. The molecule has 2 fully saturated rings. The molecule has 1 heterocycles. The molecule has 0 aromatic heterocycles. The standard InChI is InChI=1S/C18H27N3O3S/c1-13(2)20(3)25(23,24)17-8-4-14(5-9-17)18(22)19-15-10-11-21(12-15)16-6-7-16/h4-5,8-9,13,15-16H,6-7,10-12H2,1-3H3,(H,19,22).